The van der Waals surface area contributed by atoms with Gasteiger partial charge >= 0.3 is 0 Å². The summed E-state index contributed by atoms with van der Waals surface area (Å²) >= 11 is 6.11. The van der Waals surface area contributed by atoms with Crippen molar-refractivity contribution in [2.75, 3.05) is 31.1 Å². The highest BCUT2D eigenvalue weighted by Gasteiger charge is 2.20. The molecule has 1 atom stereocenters. The first kappa shape index (κ1) is 11.5. The van der Waals surface area contributed by atoms with Crippen LogP contribution in [0.4, 0.5) is 10.2 Å². The smallest absolute Gasteiger partial charge is 0.151 e. The third kappa shape index (κ3) is 2.25. The molecule has 2 rings (SSSR count). The van der Waals surface area contributed by atoms with Crippen LogP contribution in [-0.4, -0.2) is 36.1 Å². The Balaban J connectivity index is 2.29. The van der Waals surface area contributed by atoms with E-state index in [1.807, 2.05) is 4.90 Å². The van der Waals surface area contributed by atoms with E-state index in [2.05, 4.69) is 15.3 Å². The lowest BCUT2D eigenvalue weighted by Crippen LogP contribution is -2.44. The van der Waals surface area contributed by atoms with Gasteiger partial charge < -0.3 is 10.2 Å². The predicted octanol–water partition coefficient (Wildman–Crippen LogP) is 1.57. The minimum absolute atomic E-state index is 0.269. The quantitative estimate of drug-likeness (QED) is 0.858. The number of alkyl halides is 1. The van der Waals surface area contributed by atoms with Crippen LogP contribution >= 0.6 is 11.6 Å². The monoisotopic (exact) mass is 244 g/mol. The van der Waals surface area contributed by atoms with Crippen LogP contribution in [0.1, 0.15) is 18.8 Å². The Bertz CT molecular complexity index is 366. The van der Waals surface area contributed by atoms with Crippen LogP contribution in [0.3, 0.4) is 0 Å². The number of hydrogen-bond acceptors (Lipinski definition) is 4. The first-order valence-corrected chi connectivity index (χ1v) is 5.68. The zero-order chi connectivity index (χ0) is 11.5. The summed E-state index contributed by atoms with van der Waals surface area (Å²) in [6, 6.07) is 0. The molecule has 1 aliphatic rings. The molecule has 0 aromatic carbocycles. The first-order chi connectivity index (χ1) is 7.70. The molecule has 16 heavy (non-hydrogen) atoms. The maximum atomic E-state index is 13.2. The molecule has 6 heteroatoms. The van der Waals surface area contributed by atoms with E-state index in [0.29, 0.717) is 10.8 Å². The summed E-state index contributed by atoms with van der Waals surface area (Å²) in [5.74, 6) is 0.637. The average Bonchev–Trinajstić information content (AvgIpc) is 2.30. The maximum absolute atomic E-state index is 13.2. The fourth-order valence-electron chi connectivity index (χ4n) is 1.75. The zero-order valence-corrected chi connectivity index (χ0v) is 9.84. The Labute approximate surface area is 98.8 Å². The number of rotatable bonds is 2. The molecule has 1 aromatic heterocycles. The topological polar surface area (TPSA) is 41.1 Å². The Hall–Kier alpha value is -0.940. The van der Waals surface area contributed by atoms with Crippen molar-refractivity contribution in [3.05, 3.63) is 17.0 Å². The minimum Gasteiger partial charge on any atom is -0.353 e. The van der Waals surface area contributed by atoms with Gasteiger partial charge in [0.25, 0.3) is 0 Å². The molecule has 0 radical (unpaired) electrons. The van der Waals surface area contributed by atoms with E-state index in [1.165, 1.54) is 13.3 Å². The van der Waals surface area contributed by atoms with Crippen molar-refractivity contribution in [3.8, 4) is 0 Å². The van der Waals surface area contributed by atoms with E-state index in [-0.39, 0.29) is 5.69 Å². The van der Waals surface area contributed by atoms with Gasteiger partial charge in [0.1, 0.15) is 17.5 Å². The van der Waals surface area contributed by atoms with Gasteiger partial charge in [-0.25, -0.2) is 14.4 Å². The highest BCUT2D eigenvalue weighted by atomic mass is 35.5. The molecule has 1 N–H and O–H groups in total. The number of nitrogens with zero attached hydrogens (tertiary/aromatic N) is 3. The molecular formula is C10H14ClFN4. The standard InChI is InChI=1S/C10H14ClFN4/c1-7(12)9-8(11)10(15-6-14-9)16-4-2-13-3-5-16/h6-7,13H,2-5H2,1H3. The molecule has 1 saturated heterocycles. The van der Waals surface area contributed by atoms with E-state index < -0.39 is 6.17 Å². The maximum Gasteiger partial charge on any atom is 0.151 e. The number of nitrogens with one attached hydrogen (secondary N) is 1. The van der Waals surface area contributed by atoms with Gasteiger partial charge in [0.15, 0.2) is 5.82 Å². The van der Waals surface area contributed by atoms with Crippen molar-refractivity contribution in [2.45, 2.75) is 13.1 Å². The molecule has 0 bridgehead atoms. The van der Waals surface area contributed by atoms with Crippen molar-refractivity contribution in [1.82, 2.24) is 15.3 Å². The largest absolute Gasteiger partial charge is 0.353 e. The van der Waals surface area contributed by atoms with Gasteiger partial charge in [0.2, 0.25) is 0 Å². The molecular weight excluding hydrogens is 231 g/mol. The van der Waals surface area contributed by atoms with Crippen LogP contribution in [0.25, 0.3) is 0 Å². The highest BCUT2D eigenvalue weighted by Crippen LogP contribution is 2.30. The van der Waals surface area contributed by atoms with Gasteiger partial charge in [-0.3, -0.25) is 0 Å². The second-order valence-electron chi connectivity index (χ2n) is 3.75. The normalized spacial score (nSPS) is 18.6. The van der Waals surface area contributed by atoms with Crippen molar-refractivity contribution < 1.29 is 4.39 Å². The number of anilines is 1. The van der Waals surface area contributed by atoms with Gasteiger partial charge in [-0.05, 0) is 6.92 Å². The van der Waals surface area contributed by atoms with Crippen LogP contribution < -0.4 is 10.2 Å². The fourth-order valence-corrected chi connectivity index (χ4v) is 2.12. The molecule has 1 aromatic rings. The molecule has 4 nitrogen and oxygen atoms in total. The third-order valence-corrected chi connectivity index (χ3v) is 2.95. The SMILES string of the molecule is CC(F)c1ncnc(N2CCNCC2)c1Cl. The van der Waals surface area contributed by atoms with Crippen molar-refractivity contribution in [2.24, 2.45) is 0 Å². The van der Waals surface area contributed by atoms with Gasteiger partial charge in [-0.15, -0.1) is 0 Å². The highest BCUT2D eigenvalue weighted by molar-refractivity contribution is 6.33. The molecule has 2 heterocycles. The van der Waals surface area contributed by atoms with E-state index in [1.54, 1.807) is 0 Å². The molecule has 1 unspecified atom stereocenters. The van der Waals surface area contributed by atoms with E-state index in [0.717, 1.165) is 26.2 Å². The molecule has 0 amide bonds. The van der Waals surface area contributed by atoms with E-state index >= 15 is 0 Å². The number of halogens is 2. The van der Waals surface area contributed by atoms with E-state index in [4.69, 9.17) is 11.6 Å². The van der Waals surface area contributed by atoms with Crippen molar-refractivity contribution >= 4 is 17.4 Å². The summed E-state index contributed by atoms with van der Waals surface area (Å²) in [5, 5.41) is 3.57. The Morgan fingerprint density at radius 1 is 1.44 bits per heavy atom. The lowest BCUT2D eigenvalue weighted by molar-refractivity contribution is 0.365. The number of piperazine rings is 1. The van der Waals surface area contributed by atoms with Crippen LogP contribution in [0.2, 0.25) is 5.02 Å². The molecule has 0 spiro atoms. The van der Waals surface area contributed by atoms with Crippen molar-refractivity contribution in [3.63, 3.8) is 0 Å². The summed E-state index contributed by atoms with van der Waals surface area (Å²) in [6.45, 7) is 4.87. The fraction of sp³-hybridized carbons (Fsp3) is 0.600. The minimum atomic E-state index is -1.17. The van der Waals surface area contributed by atoms with Gasteiger partial charge in [0, 0.05) is 26.2 Å². The van der Waals surface area contributed by atoms with Crippen LogP contribution in [0, 0.1) is 0 Å². The number of hydrogen-bond donors (Lipinski definition) is 1. The Morgan fingerprint density at radius 2 is 2.12 bits per heavy atom. The van der Waals surface area contributed by atoms with Crippen LogP contribution in [0.5, 0.6) is 0 Å². The number of aromatic nitrogens is 2. The summed E-state index contributed by atoms with van der Waals surface area (Å²) in [5.41, 5.74) is 0.269. The zero-order valence-electron chi connectivity index (χ0n) is 9.08. The van der Waals surface area contributed by atoms with Gasteiger partial charge in [-0.2, -0.15) is 0 Å². The lowest BCUT2D eigenvalue weighted by Gasteiger charge is -2.29. The Kier molecular flexibility index (Phi) is 3.56. The van der Waals surface area contributed by atoms with Gasteiger partial charge in [0.05, 0.1) is 5.69 Å². The van der Waals surface area contributed by atoms with Gasteiger partial charge in [-0.1, -0.05) is 11.6 Å². The predicted molar refractivity (Wildman–Crippen MR) is 61.6 cm³/mol. The summed E-state index contributed by atoms with van der Waals surface area (Å²) in [7, 11) is 0. The molecule has 0 saturated carbocycles. The Morgan fingerprint density at radius 3 is 2.75 bits per heavy atom. The molecule has 1 aliphatic heterocycles. The first-order valence-electron chi connectivity index (χ1n) is 5.30. The summed E-state index contributed by atoms with van der Waals surface area (Å²) < 4.78 is 13.2. The summed E-state index contributed by atoms with van der Waals surface area (Å²) in [4.78, 5) is 10.1. The second kappa shape index (κ2) is 4.93. The lowest BCUT2D eigenvalue weighted by atomic mass is 10.2. The average molecular weight is 245 g/mol. The van der Waals surface area contributed by atoms with Crippen LogP contribution in [0.15, 0.2) is 6.33 Å². The summed E-state index contributed by atoms with van der Waals surface area (Å²) in [6.07, 6.45) is 0.200. The van der Waals surface area contributed by atoms with Crippen LogP contribution in [-0.2, 0) is 0 Å². The molecule has 0 aliphatic carbocycles. The molecule has 88 valence electrons. The van der Waals surface area contributed by atoms with Crippen molar-refractivity contribution in [1.29, 1.82) is 0 Å². The molecule has 1 fully saturated rings. The second-order valence-corrected chi connectivity index (χ2v) is 4.13. The third-order valence-electron chi connectivity index (χ3n) is 2.59. The van der Waals surface area contributed by atoms with E-state index in [9.17, 15) is 4.39 Å².